The lowest BCUT2D eigenvalue weighted by Gasteiger charge is -2.16. The molecule has 0 fully saturated rings. The second-order valence-electron chi connectivity index (χ2n) is 7.12. The van der Waals surface area contributed by atoms with E-state index in [1.54, 1.807) is 47.4 Å². The molecule has 1 amide bonds. The lowest BCUT2D eigenvalue weighted by molar-refractivity contribution is 0.102. The number of hydrogen-bond donors (Lipinski definition) is 2. The molecule has 3 aromatic rings. The Bertz CT molecular complexity index is 977. The van der Waals surface area contributed by atoms with Crippen LogP contribution in [0.1, 0.15) is 42.6 Å². The van der Waals surface area contributed by atoms with Crippen LogP contribution < -0.4 is 11.0 Å². The molecule has 1 aromatic carbocycles. The summed E-state index contributed by atoms with van der Waals surface area (Å²) in [5.41, 5.74) is 2.15. The predicted molar refractivity (Wildman–Crippen MR) is 99.8 cm³/mol. The number of rotatable bonds is 3. The fraction of sp³-hybridized carbons (Fsp3) is 0.263. The highest BCUT2D eigenvalue weighted by atomic mass is 16.2. The first-order valence-electron chi connectivity index (χ1n) is 8.27. The van der Waals surface area contributed by atoms with Gasteiger partial charge in [-0.3, -0.25) is 9.36 Å². The van der Waals surface area contributed by atoms with Gasteiger partial charge in [0.1, 0.15) is 5.82 Å². The van der Waals surface area contributed by atoms with Crippen molar-refractivity contribution >= 4 is 11.6 Å². The van der Waals surface area contributed by atoms with Gasteiger partial charge < -0.3 is 10.3 Å². The monoisotopic (exact) mass is 351 g/mol. The van der Waals surface area contributed by atoms with Gasteiger partial charge in [0, 0.05) is 22.9 Å². The normalized spacial score (nSPS) is 11.4. The number of hydrogen-bond acceptors (Lipinski definition) is 4. The van der Waals surface area contributed by atoms with Gasteiger partial charge in [0.2, 0.25) is 0 Å². The highest BCUT2D eigenvalue weighted by molar-refractivity contribution is 6.04. The summed E-state index contributed by atoms with van der Waals surface area (Å²) < 4.78 is 1.54. The third-order valence-corrected chi connectivity index (χ3v) is 3.93. The van der Waals surface area contributed by atoms with Crippen molar-refractivity contribution in [3.8, 4) is 5.69 Å². The number of aryl methyl sites for hydroxylation is 1. The molecule has 0 radical (unpaired) electrons. The van der Waals surface area contributed by atoms with Gasteiger partial charge >= 0.3 is 5.69 Å². The van der Waals surface area contributed by atoms with Crippen molar-refractivity contribution in [3.63, 3.8) is 0 Å². The molecule has 0 saturated carbocycles. The van der Waals surface area contributed by atoms with E-state index in [1.807, 2.05) is 27.7 Å². The zero-order valence-corrected chi connectivity index (χ0v) is 15.2. The van der Waals surface area contributed by atoms with Crippen molar-refractivity contribution in [3.05, 3.63) is 70.4 Å². The molecule has 134 valence electrons. The molecule has 0 spiro atoms. The number of aromatic nitrogens is 4. The van der Waals surface area contributed by atoms with Crippen LogP contribution in [-0.2, 0) is 5.41 Å². The van der Waals surface area contributed by atoms with Gasteiger partial charge in [-0.2, -0.15) is 0 Å². The lowest BCUT2D eigenvalue weighted by atomic mass is 9.96. The lowest BCUT2D eigenvalue weighted by Crippen LogP contribution is -2.18. The Morgan fingerprint density at radius 1 is 1.12 bits per heavy atom. The Hall–Kier alpha value is -3.22. The van der Waals surface area contributed by atoms with Crippen LogP contribution in [0.15, 0.2) is 47.7 Å². The van der Waals surface area contributed by atoms with Crippen molar-refractivity contribution in [2.75, 3.05) is 5.32 Å². The topological polar surface area (TPSA) is 92.7 Å². The fourth-order valence-corrected chi connectivity index (χ4v) is 2.52. The maximum atomic E-state index is 12.4. The summed E-state index contributed by atoms with van der Waals surface area (Å²) in [7, 11) is 0. The standard InChI is InChI=1S/C19H21N5O2/c1-12-9-22-18(26)24(12)15-7-5-13(6-8-15)16(25)23-14-10-20-17(21-11-14)19(2,3)4/h5-11H,1-4H3,(H,22,26)(H,23,25). The van der Waals surface area contributed by atoms with Crippen LogP contribution in [0.5, 0.6) is 0 Å². The quantitative estimate of drug-likeness (QED) is 0.759. The summed E-state index contributed by atoms with van der Waals surface area (Å²) in [6, 6.07) is 6.81. The molecule has 7 heteroatoms. The molecule has 0 saturated heterocycles. The van der Waals surface area contributed by atoms with Crippen LogP contribution in [0.25, 0.3) is 5.69 Å². The molecule has 2 N–H and O–H groups in total. The number of amides is 1. The molecule has 0 aliphatic rings. The minimum Gasteiger partial charge on any atom is -0.319 e. The first kappa shape index (κ1) is 17.6. The summed E-state index contributed by atoms with van der Waals surface area (Å²) in [4.78, 5) is 35.4. The molecule has 7 nitrogen and oxygen atoms in total. The van der Waals surface area contributed by atoms with Crippen LogP contribution in [0.2, 0.25) is 0 Å². The summed E-state index contributed by atoms with van der Waals surface area (Å²) in [5.74, 6) is 0.453. The van der Waals surface area contributed by atoms with E-state index in [4.69, 9.17) is 0 Å². The van der Waals surface area contributed by atoms with E-state index in [2.05, 4.69) is 20.3 Å². The number of benzene rings is 1. The first-order chi connectivity index (χ1) is 12.3. The minimum absolute atomic E-state index is 0.146. The van der Waals surface area contributed by atoms with E-state index in [0.717, 1.165) is 5.69 Å². The van der Waals surface area contributed by atoms with Crippen LogP contribution in [0, 0.1) is 6.92 Å². The summed E-state index contributed by atoms with van der Waals surface area (Å²) in [6.45, 7) is 7.92. The zero-order chi connectivity index (χ0) is 18.9. The van der Waals surface area contributed by atoms with E-state index < -0.39 is 0 Å². The molecule has 0 aliphatic carbocycles. The number of nitrogens with one attached hydrogen (secondary N) is 2. The Morgan fingerprint density at radius 2 is 1.73 bits per heavy atom. The Labute approximate surface area is 151 Å². The molecule has 26 heavy (non-hydrogen) atoms. The first-order valence-corrected chi connectivity index (χ1v) is 8.27. The number of imidazole rings is 1. The van der Waals surface area contributed by atoms with E-state index >= 15 is 0 Å². The summed E-state index contributed by atoms with van der Waals surface area (Å²) in [5, 5.41) is 2.78. The summed E-state index contributed by atoms with van der Waals surface area (Å²) in [6.07, 6.45) is 4.84. The average molecular weight is 351 g/mol. The smallest absolute Gasteiger partial charge is 0.319 e. The van der Waals surface area contributed by atoms with E-state index in [9.17, 15) is 9.59 Å². The van der Waals surface area contributed by atoms with Gasteiger partial charge in [-0.05, 0) is 31.2 Å². The molecule has 3 rings (SSSR count). The maximum Gasteiger partial charge on any atom is 0.330 e. The van der Waals surface area contributed by atoms with Gasteiger partial charge in [0.25, 0.3) is 5.91 Å². The maximum absolute atomic E-state index is 12.4. The minimum atomic E-state index is -0.262. The average Bonchev–Trinajstić information content (AvgIpc) is 2.93. The zero-order valence-electron chi connectivity index (χ0n) is 15.2. The van der Waals surface area contributed by atoms with Crippen molar-refractivity contribution in [1.29, 1.82) is 0 Å². The van der Waals surface area contributed by atoms with Gasteiger partial charge in [0.05, 0.1) is 23.8 Å². The number of carbonyl (C=O) groups excluding carboxylic acids is 1. The molecular formula is C19H21N5O2. The predicted octanol–water partition coefficient (Wildman–Crippen LogP) is 2.81. The molecular weight excluding hydrogens is 330 g/mol. The van der Waals surface area contributed by atoms with Crippen molar-refractivity contribution < 1.29 is 4.79 Å². The van der Waals surface area contributed by atoms with Crippen molar-refractivity contribution in [2.45, 2.75) is 33.1 Å². The SMILES string of the molecule is Cc1c[nH]c(=O)n1-c1ccc(C(=O)Nc2cnc(C(C)(C)C)nc2)cc1. The summed E-state index contributed by atoms with van der Waals surface area (Å²) >= 11 is 0. The van der Waals surface area contributed by atoms with Crippen LogP contribution in [0.4, 0.5) is 5.69 Å². The van der Waals surface area contributed by atoms with Gasteiger partial charge in [-0.1, -0.05) is 20.8 Å². The molecule has 0 aliphatic heterocycles. The second-order valence-corrected chi connectivity index (χ2v) is 7.12. The third-order valence-electron chi connectivity index (χ3n) is 3.93. The highest BCUT2D eigenvalue weighted by Gasteiger charge is 2.17. The third kappa shape index (κ3) is 3.56. The van der Waals surface area contributed by atoms with Gasteiger partial charge in [-0.25, -0.2) is 14.8 Å². The number of H-pyrrole nitrogens is 1. The van der Waals surface area contributed by atoms with E-state index in [-0.39, 0.29) is 17.0 Å². The van der Waals surface area contributed by atoms with Crippen molar-refractivity contribution in [2.24, 2.45) is 0 Å². The highest BCUT2D eigenvalue weighted by Crippen LogP contribution is 2.18. The van der Waals surface area contributed by atoms with Gasteiger partial charge in [0.15, 0.2) is 0 Å². The fourth-order valence-electron chi connectivity index (χ4n) is 2.52. The van der Waals surface area contributed by atoms with E-state index in [0.29, 0.717) is 22.8 Å². The van der Waals surface area contributed by atoms with Crippen LogP contribution in [-0.4, -0.2) is 25.4 Å². The number of nitrogens with zero attached hydrogens (tertiary/aromatic N) is 3. The number of aromatic amines is 1. The number of anilines is 1. The Balaban J connectivity index is 1.75. The van der Waals surface area contributed by atoms with Gasteiger partial charge in [-0.15, -0.1) is 0 Å². The number of carbonyl (C=O) groups is 1. The Kier molecular flexibility index (Phi) is 4.46. The molecule has 2 aromatic heterocycles. The molecule has 2 heterocycles. The van der Waals surface area contributed by atoms with Crippen LogP contribution in [0.3, 0.4) is 0 Å². The van der Waals surface area contributed by atoms with Crippen molar-refractivity contribution in [1.82, 2.24) is 19.5 Å². The molecule has 0 unspecified atom stereocenters. The Morgan fingerprint density at radius 3 is 2.23 bits per heavy atom. The molecule has 0 atom stereocenters. The largest absolute Gasteiger partial charge is 0.330 e. The molecule has 0 bridgehead atoms. The van der Waals surface area contributed by atoms with Crippen LogP contribution >= 0.6 is 0 Å². The van der Waals surface area contributed by atoms with E-state index in [1.165, 1.54) is 0 Å². The second kappa shape index (κ2) is 6.59.